The highest BCUT2D eigenvalue weighted by molar-refractivity contribution is 5.89. The van der Waals surface area contributed by atoms with Crippen LogP contribution in [-0.2, 0) is 4.84 Å². The minimum Gasteiger partial charge on any atom is -0.384 e. The Kier molecular flexibility index (Phi) is 2.03. The van der Waals surface area contributed by atoms with Gasteiger partial charge in [0.15, 0.2) is 0 Å². The number of hydrogen-bond donors (Lipinski definition) is 2. The average Bonchev–Trinajstić information content (AvgIpc) is 2.03. The lowest BCUT2D eigenvalue weighted by molar-refractivity contribution is 0.0503. The van der Waals surface area contributed by atoms with Crippen molar-refractivity contribution in [3.8, 4) is 0 Å². The molecular weight excluding hydrogens is 146 g/mol. The first kappa shape index (κ1) is 7.49. The van der Waals surface area contributed by atoms with E-state index in [2.05, 4.69) is 15.7 Å². The van der Waals surface area contributed by atoms with Gasteiger partial charge in [-0.15, -0.1) is 0 Å². The summed E-state index contributed by atoms with van der Waals surface area (Å²) in [6.07, 6.45) is 1.40. The summed E-state index contributed by atoms with van der Waals surface area (Å²) in [7, 11) is 0. The zero-order valence-corrected chi connectivity index (χ0v) is 5.65. The van der Waals surface area contributed by atoms with Crippen molar-refractivity contribution in [2.45, 2.75) is 0 Å². The molecule has 0 saturated carbocycles. The van der Waals surface area contributed by atoms with Crippen LogP contribution >= 0.6 is 0 Å². The van der Waals surface area contributed by atoms with Crippen LogP contribution in [0.25, 0.3) is 0 Å². The van der Waals surface area contributed by atoms with Crippen molar-refractivity contribution < 1.29 is 9.63 Å². The summed E-state index contributed by atoms with van der Waals surface area (Å²) in [5, 5.41) is 0. The van der Waals surface area contributed by atoms with E-state index in [4.69, 9.17) is 5.73 Å². The van der Waals surface area contributed by atoms with Gasteiger partial charge < -0.3 is 10.6 Å². The molecule has 0 spiro atoms. The number of pyridine rings is 1. The van der Waals surface area contributed by atoms with Crippen molar-refractivity contribution in [2.24, 2.45) is 5.90 Å². The Labute approximate surface area is 62.9 Å². The molecule has 4 N–H and O–H groups in total. The van der Waals surface area contributed by atoms with Crippen LogP contribution in [0.3, 0.4) is 0 Å². The fourth-order valence-electron chi connectivity index (χ4n) is 0.643. The summed E-state index contributed by atoms with van der Waals surface area (Å²) in [5.74, 6) is 4.27. The summed E-state index contributed by atoms with van der Waals surface area (Å²) >= 11 is 0. The summed E-state index contributed by atoms with van der Waals surface area (Å²) < 4.78 is 0. The van der Waals surface area contributed by atoms with E-state index in [-0.39, 0.29) is 5.82 Å². The molecule has 0 bridgehead atoms. The highest BCUT2D eigenvalue weighted by atomic mass is 16.7. The van der Waals surface area contributed by atoms with Crippen molar-refractivity contribution in [2.75, 3.05) is 5.73 Å². The van der Waals surface area contributed by atoms with E-state index in [0.29, 0.717) is 5.56 Å². The predicted molar refractivity (Wildman–Crippen MR) is 38.3 cm³/mol. The molecule has 0 saturated heterocycles. The maximum Gasteiger partial charge on any atom is 0.356 e. The Balaban J connectivity index is 2.96. The Morgan fingerprint density at radius 1 is 1.64 bits per heavy atom. The van der Waals surface area contributed by atoms with Crippen LogP contribution < -0.4 is 11.6 Å². The van der Waals surface area contributed by atoms with Crippen LogP contribution in [-0.4, -0.2) is 11.0 Å². The smallest absolute Gasteiger partial charge is 0.356 e. The summed E-state index contributed by atoms with van der Waals surface area (Å²) in [6, 6.07) is 2.85. The number of nitrogens with two attached hydrogens (primary N) is 2. The minimum absolute atomic E-state index is 0.257. The van der Waals surface area contributed by atoms with Crippen LogP contribution in [0.1, 0.15) is 10.4 Å². The zero-order chi connectivity index (χ0) is 8.27. The van der Waals surface area contributed by atoms with Crippen LogP contribution in [0.15, 0.2) is 18.3 Å². The molecule has 0 unspecified atom stereocenters. The third kappa shape index (κ3) is 1.65. The quantitative estimate of drug-likeness (QED) is 0.540. The van der Waals surface area contributed by atoms with E-state index in [0.717, 1.165) is 0 Å². The van der Waals surface area contributed by atoms with Crippen molar-refractivity contribution in [1.29, 1.82) is 0 Å². The molecule has 0 aliphatic heterocycles. The van der Waals surface area contributed by atoms with Crippen LogP contribution in [0.5, 0.6) is 0 Å². The Morgan fingerprint density at radius 3 is 2.91 bits per heavy atom. The SMILES string of the molecule is NOC(=O)c1ccnc(N)c1. The van der Waals surface area contributed by atoms with Crippen LogP contribution in [0, 0.1) is 0 Å². The van der Waals surface area contributed by atoms with Gasteiger partial charge in [-0.05, 0) is 12.1 Å². The highest BCUT2D eigenvalue weighted by Crippen LogP contribution is 2.02. The largest absolute Gasteiger partial charge is 0.384 e. The molecule has 1 rings (SSSR count). The van der Waals surface area contributed by atoms with Crippen molar-refractivity contribution in [3.63, 3.8) is 0 Å². The molecule has 0 aliphatic rings. The van der Waals surface area contributed by atoms with Gasteiger partial charge in [0.2, 0.25) is 0 Å². The molecule has 1 aromatic rings. The molecule has 1 heterocycles. The average molecular weight is 153 g/mol. The van der Waals surface area contributed by atoms with Gasteiger partial charge in [0, 0.05) is 6.20 Å². The zero-order valence-electron chi connectivity index (χ0n) is 5.65. The van der Waals surface area contributed by atoms with Crippen molar-refractivity contribution in [1.82, 2.24) is 4.98 Å². The van der Waals surface area contributed by atoms with Crippen molar-refractivity contribution in [3.05, 3.63) is 23.9 Å². The van der Waals surface area contributed by atoms with Gasteiger partial charge in [0.1, 0.15) is 5.82 Å². The van der Waals surface area contributed by atoms with E-state index in [1.807, 2.05) is 0 Å². The van der Waals surface area contributed by atoms with Gasteiger partial charge >= 0.3 is 5.97 Å². The Bertz CT molecular complexity index is 274. The molecule has 0 aliphatic carbocycles. The first-order valence-corrected chi connectivity index (χ1v) is 2.86. The van der Waals surface area contributed by atoms with Crippen LogP contribution in [0.4, 0.5) is 5.82 Å². The van der Waals surface area contributed by atoms with E-state index in [1.54, 1.807) is 0 Å². The van der Waals surface area contributed by atoms with E-state index in [9.17, 15) is 4.79 Å². The molecule has 0 aromatic carbocycles. The molecular formula is C6H7N3O2. The standard InChI is InChI=1S/C6H7N3O2/c7-5-3-4(1-2-9-5)6(10)11-8/h1-3H,8H2,(H2,7,9). The number of aromatic nitrogens is 1. The van der Waals surface area contributed by atoms with Gasteiger partial charge in [-0.2, -0.15) is 5.90 Å². The molecule has 0 atom stereocenters. The second-order valence-electron chi connectivity index (χ2n) is 1.87. The number of nitrogens with zero attached hydrogens (tertiary/aromatic N) is 1. The summed E-state index contributed by atoms with van der Waals surface area (Å²) in [5.41, 5.74) is 5.58. The van der Waals surface area contributed by atoms with E-state index in [1.165, 1.54) is 18.3 Å². The normalized spacial score (nSPS) is 9.18. The van der Waals surface area contributed by atoms with Gasteiger partial charge in [0.25, 0.3) is 0 Å². The monoisotopic (exact) mass is 153 g/mol. The van der Waals surface area contributed by atoms with Gasteiger partial charge in [-0.1, -0.05) is 0 Å². The highest BCUT2D eigenvalue weighted by Gasteiger charge is 2.04. The molecule has 0 amide bonds. The molecule has 0 fully saturated rings. The Hall–Kier alpha value is -1.62. The molecule has 58 valence electrons. The molecule has 5 nitrogen and oxygen atoms in total. The maximum atomic E-state index is 10.7. The topological polar surface area (TPSA) is 91.2 Å². The molecule has 11 heavy (non-hydrogen) atoms. The first-order chi connectivity index (χ1) is 5.24. The minimum atomic E-state index is -0.626. The van der Waals surface area contributed by atoms with Gasteiger partial charge in [-0.25, -0.2) is 9.78 Å². The Morgan fingerprint density at radius 2 is 2.36 bits per heavy atom. The maximum absolute atomic E-state index is 10.7. The second-order valence-corrected chi connectivity index (χ2v) is 1.87. The van der Waals surface area contributed by atoms with Gasteiger partial charge in [-0.3, -0.25) is 0 Å². The predicted octanol–water partition coefficient (Wildman–Crippen LogP) is -0.306. The number of nitrogen functional groups attached to an aromatic ring is 1. The molecule has 0 radical (unpaired) electrons. The lowest BCUT2D eigenvalue weighted by Gasteiger charge is -1.97. The molecule has 5 heteroatoms. The van der Waals surface area contributed by atoms with E-state index >= 15 is 0 Å². The lowest BCUT2D eigenvalue weighted by atomic mass is 10.3. The lowest BCUT2D eigenvalue weighted by Crippen LogP contribution is -2.10. The first-order valence-electron chi connectivity index (χ1n) is 2.86. The second kappa shape index (κ2) is 2.98. The fraction of sp³-hybridized carbons (Fsp3) is 0. The van der Waals surface area contributed by atoms with E-state index < -0.39 is 5.97 Å². The number of carbonyl (C=O) groups excluding carboxylic acids is 1. The molecule has 1 aromatic heterocycles. The number of anilines is 1. The number of carbonyl (C=O) groups is 1. The van der Waals surface area contributed by atoms with Crippen molar-refractivity contribution >= 4 is 11.8 Å². The third-order valence-corrected chi connectivity index (χ3v) is 1.12. The van der Waals surface area contributed by atoms with Crippen LogP contribution in [0.2, 0.25) is 0 Å². The number of hydrogen-bond acceptors (Lipinski definition) is 5. The summed E-state index contributed by atoms with van der Waals surface area (Å²) in [6.45, 7) is 0. The fourth-order valence-corrected chi connectivity index (χ4v) is 0.643. The number of rotatable bonds is 1. The van der Waals surface area contributed by atoms with Gasteiger partial charge in [0.05, 0.1) is 5.56 Å². The third-order valence-electron chi connectivity index (χ3n) is 1.12. The summed E-state index contributed by atoms with van der Waals surface area (Å²) in [4.78, 5) is 18.4.